The molecule has 2 saturated heterocycles. The number of aromatic nitrogens is 1. The minimum Gasteiger partial charge on any atom is -0.480 e. The van der Waals surface area contributed by atoms with Gasteiger partial charge in [-0.2, -0.15) is 0 Å². The van der Waals surface area contributed by atoms with Crippen molar-refractivity contribution in [1.82, 2.24) is 25.8 Å². The number of nitrogens with zero attached hydrogens (tertiary/aromatic N) is 1. The number of nitrogens with one attached hydrogen (secondary N) is 4. The van der Waals surface area contributed by atoms with Gasteiger partial charge in [0.15, 0.2) is 0 Å². The lowest BCUT2D eigenvalue weighted by molar-refractivity contribution is -0.149. The molecule has 6 N–H and O–H groups in total. The van der Waals surface area contributed by atoms with Crippen LogP contribution < -0.4 is 16.0 Å². The van der Waals surface area contributed by atoms with Gasteiger partial charge in [-0.1, -0.05) is 18.2 Å². The third kappa shape index (κ3) is 5.46. The van der Waals surface area contributed by atoms with Gasteiger partial charge in [-0.25, -0.2) is 4.79 Å². The van der Waals surface area contributed by atoms with Gasteiger partial charge in [0.25, 0.3) is 0 Å². The first-order valence-electron chi connectivity index (χ1n) is 11.9. The van der Waals surface area contributed by atoms with Crippen LogP contribution in [-0.2, 0) is 25.6 Å². The number of aliphatic carboxylic acids is 1. The zero-order chi connectivity index (χ0) is 24.9. The van der Waals surface area contributed by atoms with Gasteiger partial charge in [0.2, 0.25) is 17.7 Å². The van der Waals surface area contributed by atoms with Crippen LogP contribution in [-0.4, -0.2) is 87.7 Å². The summed E-state index contributed by atoms with van der Waals surface area (Å²) < 4.78 is 0. The third-order valence-corrected chi connectivity index (χ3v) is 6.73. The van der Waals surface area contributed by atoms with Crippen molar-refractivity contribution >= 4 is 34.6 Å². The molecule has 2 fully saturated rings. The molecule has 35 heavy (non-hydrogen) atoms. The van der Waals surface area contributed by atoms with E-state index in [1.165, 1.54) is 4.90 Å². The van der Waals surface area contributed by atoms with Crippen molar-refractivity contribution in [1.29, 1.82) is 0 Å². The largest absolute Gasteiger partial charge is 0.480 e. The number of hydrogen-bond acceptors (Lipinski definition) is 6. The van der Waals surface area contributed by atoms with Crippen molar-refractivity contribution in [3.63, 3.8) is 0 Å². The Bertz CT molecular complexity index is 1100. The number of aromatic amines is 1. The molecule has 3 amide bonds. The van der Waals surface area contributed by atoms with Crippen LogP contribution in [0.5, 0.6) is 0 Å². The summed E-state index contributed by atoms with van der Waals surface area (Å²) in [6, 6.07) is 3.84. The van der Waals surface area contributed by atoms with E-state index < -0.39 is 48.6 Å². The molecule has 11 heteroatoms. The summed E-state index contributed by atoms with van der Waals surface area (Å²) in [6.07, 6.45) is 4.26. The highest BCUT2D eigenvalue weighted by Crippen LogP contribution is 2.23. The van der Waals surface area contributed by atoms with Gasteiger partial charge in [0.05, 0.1) is 12.6 Å². The summed E-state index contributed by atoms with van der Waals surface area (Å²) >= 11 is 0. The molecule has 2 aromatic rings. The number of carboxylic acids is 1. The molecule has 0 saturated carbocycles. The average Bonchev–Trinajstić information content (AvgIpc) is 3.62. The van der Waals surface area contributed by atoms with Crippen LogP contribution >= 0.6 is 0 Å². The maximum Gasteiger partial charge on any atom is 0.326 e. The molecular formula is C24H31N5O6. The zero-order valence-corrected chi connectivity index (χ0v) is 19.3. The summed E-state index contributed by atoms with van der Waals surface area (Å²) in [6.45, 7) is 0.346. The molecule has 11 nitrogen and oxygen atoms in total. The Morgan fingerprint density at radius 2 is 1.89 bits per heavy atom. The van der Waals surface area contributed by atoms with Crippen molar-refractivity contribution in [3.05, 3.63) is 36.0 Å². The Hall–Kier alpha value is -3.44. The van der Waals surface area contributed by atoms with E-state index in [0.29, 0.717) is 25.8 Å². The molecule has 4 rings (SSSR count). The summed E-state index contributed by atoms with van der Waals surface area (Å²) in [5.41, 5.74) is 1.65. The monoisotopic (exact) mass is 485 g/mol. The molecule has 1 aromatic heterocycles. The first kappa shape index (κ1) is 24.7. The van der Waals surface area contributed by atoms with E-state index in [2.05, 4.69) is 20.9 Å². The second kappa shape index (κ2) is 10.9. The fourth-order valence-electron chi connectivity index (χ4n) is 4.85. The Kier molecular flexibility index (Phi) is 7.67. The molecule has 188 valence electrons. The normalized spacial score (nSPS) is 21.6. The molecule has 0 spiro atoms. The number of carbonyl (C=O) groups excluding carboxylic acids is 3. The summed E-state index contributed by atoms with van der Waals surface area (Å²) in [5, 5.41) is 28.5. The third-order valence-electron chi connectivity index (χ3n) is 6.73. The van der Waals surface area contributed by atoms with E-state index in [-0.39, 0.29) is 18.9 Å². The van der Waals surface area contributed by atoms with Crippen LogP contribution in [0.3, 0.4) is 0 Å². The highest BCUT2D eigenvalue weighted by molar-refractivity contribution is 5.95. The summed E-state index contributed by atoms with van der Waals surface area (Å²) in [4.78, 5) is 55.1. The van der Waals surface area contributed by atoms with Gasteiger partial charge in [-0.15, -0.1) is 0 Å². The number of carboxylic acid groups (broad SMARTS) is 1. The van der Waals surface area contributed by atoms with E-state index in [1.54, 1.807) is 6.20 Å². The van der Waals surface area contributed by atoms with Gasteiger partial charge >= 0.3 is 5.97 Å². The maximum atomic E-state index is 13.5. The number of fused-ring (bicyclic) bond motifs is 1. The van der Waals surface area contributed by atoms with E-state index in [9.17, 15) is 29.4 Å². The molecule has 4 unspecified atom stereocenters. The van der Waals surface area contributed by atoms with Gasteiger partial charge in [0.1, 0.15) is 18.1 Å². The van der Waals surface area contributed by atoms with Crippen LogP contribution in [0.4, 0.5) is 0 Å². The second-order valence-corrected chi connectivity index (χ2v) is 9.05. The Morgan fingerprint density at radius 1 is 1.09 bits per heavy atom. The smallest absolute Gasteiger partial charge is 0.326 e. The lowest BCUT2D eigenvalue weighted by Gasteiger charge is -2.28. The number of aliphatic hydroxyl groups excluding tert-OH is 1. The molecule has 0 aliphatic carbocycles. The fourth-order valence-corrected chi connectivity index (χ4v) is 4.85. The molecule has 2 aliphatic rings. The fraction of sp³-hybridized carbons (Fsp3) is 0.500. The summed E-state index contributed by atoms with van der Waals surface area (Å²) in [7, 11) is 0. The lowest BCUT2D eigenvalue weighted by atomic mass is 10.0. The Labute approximate surface area is 202 Å². The van der Waals surface area contributed by atoms with Crippen LogP contribution in [0.1, 0.15) is 31.2 Å². The van der Waals surface area contributed by atoms with Gasteiger partial charge in [-0.3, -0.25) is 14.4 Å². The summed E-state index contributed by atoms with van der Waals surface area (Å²) in [5.74, 6) is -2.68. The SMILES string of the molecule is O=C(NC(CO)C(=O)NC(Cc1c[nH]c2ccccc12)C(=O)N1CCCC1C(=O)O)C1CCCN1. The first-order chi connectivity index (χ1) is 16.9. The number of para-hydroxylation sites is 1. The number of carbonyl (C=O) groups is 4. The number of H-pyrrole nitrogens is 1. The Morgan fingerprint density at radius 3 is 2.60 bits per heavy atom. The van der Waals surface area contributed by atoms with Gasteiger partial charge in [0, 0.05) is 30.1 Å². The topological polar surface area (TPSA) is 164 Å². The predicted molar refractivity (Wildman–Crippen MR) is 126 cm³/mol. The molecule has 4 atom stereocenters. The number of hydrogen-bond donors (Lipinski definition) is 6. The van der Waals surface area contributed by atoms with Crippen molar-refractivity contribution in [2.24, 2.45) is 0 Å². The van der Waals surface area contributed by atoms with Crippen LogP contribution in [0, 0.1) is 0 Å². The second-order valence-electron chi connectivity index (χ2n) is 9.05. The van der Waals surface area contributed by atoms with Crippen molar-refractivity contribution in [2.75, 3.05) is 19.7 Å². The van der Waals surface area contributed by atoms with Crippen LogP contribution in [0.25, 0.3) is 10.9 Å². The molecule has 1 aromatic carbocycles. The highest BCUT2D eigenvalue weighted by Gasteiger charge is 2.38. The molecule has 0 radical (unpaired) electrons. The van der Waals surface area contributed by atoms with Crippen molar-refractivity contribution in [2.45, 2.75) is 56.3 Å². The van der Waals surface area contributed by atoms with E-state index in [4.69, 9.17) is 0 Å². The standard InChI is InChI=1S/C24H31N5O6/c30-13-19(28-21(31)17-7-3-9-25-17)22(32)27-18(23(33)29-10-4-8-20(29)24(34)35)11-14-12-26-16-6-2-1-5-15(14)16/h1-2,5-6,12,17-20,25-26,30H,3-4,7-11,13H2,(H,27,32)(H,28,31)(H,34,35). The molecule has 0 bridgehead atoms. The number of aliphatic hydroxyl groups is 1. The quantitative estimate of drug-likeness (QED) is 0.279. The van der Waals surface area contributed by atoms with E-state index in [0.717, 1.165) is 22.9 Å². The highest BCUT2D eigenvalue weighted by atomic mass is 16.4. The van der Waals surface area contributed by atoms with E-state index in [1.807, 2.05) is 24.3 Å². The molecule has 2 aliphatic heterocycles. The zero-order valence-electron chi connectivity index (χ0n) is 19.3. The van der Waals surface area contributed by atoms with Crippen molar-refractivity contribution in [3.8, 4) is 0 Å². The minimum atomic E-state index is -1.24. The number of amides is 3. The molecular weight excluding hydrogens is 454 g/mol. The van der Waals surface area contributed by atoms with E-state index >= 15 is 0 Å². The minimum absolute atomic E-state index is 0.119. The first-order valence-corrected chi connectivity index (χ1v) is 11.9. The number of benzene rings is 1. The number of rotatable bonds is 9. The van der Waals surface area contributed by atoms with Crippen molar-refractivity contribution < 1.29 is 29.4 Å². The number of likely N-dealkylation sites (tertiary alicyclic amines) is 1. The molecule has 3 heterocycles. The Balaban J connectivity index is 1.54. The van der Waals surface area contributed by atoms with Crippen LogP contribution in [0.2, 0.25) is 0 Å². The predicted octanol–water partition coefficient (Wildman–Crippen LogP) is -0.500. The lowest BCUT2D eigenvalue weighted by Crippen LogP contribution is -2.58. The van der Waals surface area contributed by atoms with Crippen LogP contribution in [0.15, 0.2) is 30.5 Å². The maximum absolute atomic E-state index is 13.5. The average molecular weight is 486 g/mol. The van der Waals surface area contributed by atoms with Gasteiger partial charge in [-0.05, 0) is 43.9 Å². The van der Waals surface area contributed by atoms with Gasteiger partial charge < -0.3 is 36.0 Å².